The van der Waals surface area contributed by atoms with Crippen molar-refractivity contribution in [3.63, 3.8) is 0 Å². The van der Waals surface area contributed by atoms with Crippen LogP contribution in [-0.4, -0.2) is 57.5 Å². The van der Waals surface area contributed by atoms with Crippen LogP contribution in [0.1, 0.15) is 37.6 Å². The molecule has 1 aromatic rings. The van der Waals surface area contributed by atoms with Crippen LogP contribution in [0.3, 0.4) is 0 Å². The van der Waals surface area contributed by atoms with Gasteiger partial charge in [0.05, 0.1) is 18.0 Å². The largest absolute Gasteiger partial charge is 0.481 e. The van der Waals surface area contributed by atoms with E-state index in [-0.39, 0.29) is 5.56 Å². The molecule has 0 fully saturated rings. The molecule has 0 aromatic heterocycles. The lowest BCUT2D eigenvalue weighted by molar-refractivity contribution is -0.325. The van der Waals surface area contributed by atoms with Gasteiger partial charge in [-0.1, -0.05) is 18.2 Å². The van der Waals surface area contributed by atoms with Crippen molar-refractivity contribution in [3.05, 3.63) is 35.9 Å². The van der Waals surface area contributed by atoms with Crippen molar-refractivity contribution in [3.8, 4) is 0 Å². The molecular weight excluding hydrogens is 404 g/mol. The molecule has 0 amide bonds. The van der Waals surface area contributed by atoms with E-state index in [4.69, 9.17) is 20.8 Å². The molecule has 164 valence electrons. The smallest absolute Gasteiger partial charge is 0.380 e. The van der Waals surface area contributed by atoms with E-state index < -0.39 is 53.6 Å². The van der Waals surface area contributed by atoms with E-state index in [9.17, 15) is 24.0 Å². The Bertz CT molecular complexity index is 818. The van der Waals surface area contributed by atoms with Gasteiger partial charge in [0, 0.05) is 0 Å². The minimum Gasteiger partial charge on any atom is -0.481 e. The molecule has 0 aliphatic heterocycles. The number of esters is 3. The summed E-state index contributed by atoms with van der Waals surface area (Å²) >= 11 is 0. The van der Waals surface area contributed by atoms with Gasteiger partial charge in [-0.3, -0.25) is 20.6 Å². The number of carbonyl (C=O) groups excluding carboxylic acids is 4. The third kappa shape index (κ3) is 7.33. The third-order valence-corrected chi connectivity index (χ3v) is 3.33. The number of ether oxygens (including phenoxy) is 2. The Morgan fingerprint density at radius 1 is 1.10 bits per heavy atom. The van der Waals surface area contributed by atoms with Gasteiger partial charge in [0.25, 0.3) is 5.78 Å². The Kier molecular flexibility index (Phi) is 8.30. The molecule has 30 heavy (non-hydrogen) atoms. The summed E-state index contributed by atoms with van der Waals surface area (Å²) < 4.78 is 9.35. The van der Waals surface area contributed by atoms with E-state index in [0.29, 0.717) is 0 Å². The molecule has 0 saturated heterocycles. The first-order valence-corrected chi connectivity index (χ1v) is 8.49. The fraction of sp³-hybridized carbons (Fsp3) is 0.389. The number of carbonyl (C=O) groups is 5. The lowest BCUT2D eigenvalue weighted by atomic mass is 10.1. The van der Waals surface area contributed by atoms with Crippen LogP contribution >= 0.6 is 0 Å². The Labute approximate surface area is 170 Å². The van der Waals surface area contributed by atoms with Crippen LogP contribution in [0, 0.1) is 0 Å². The van der Waals surface area contributed by atoms with Crippen LogP contribution in [0.25, 0.3) is 0 Å². The Morgan fingerprint density at radius 3 is 2.13 bits per heavy atom. The molecule has 0 radical (unpaired) electrons. The summed E-state index contributed by atoms with van der Waals surface area (Å²) in [5.74, 6) is -10.3. The zero-order valence-electron chi connectivity index (χ0n) is 16.4. The second-order valence-corrected chi connectivity index (χ2v) is 7.03. The normalized spacial score (nSPS) is 14.2. The van der Waals surface area contributed by atoms with Crippen molar-refractivity contribution >= 4 is 29.7 Å². The fourth-order valence-electron chi connectivity index (χ4n) is 2.03. The molecule has 0 aliphatic carbocycles. The molecule has 2 atom stereocenters. The monoisotopic (exact) mass is 426 g/mol. The lowest BCUT2D eigenvalue weighted by Crippen LogP contribution is -2.67. The van der Waals surface area contributed by atoms with E-state index in [1.807, 2.05) is 5.32 Å². The van der Waals surface area contributed by atoms with Crippen molar-refractivity contribution in [1.82, 2.24) is 5.32 Å². The van der Waals surface area contributed by atoms with Crippen LogP contribution < -0.4 is 11.1 Å². The lowest BCUT2D eigenvalue weighted by Gasteiger charge is -2.28. The molecule has 0 aliphatic rings. The Hall–Kier alpha value is -3.19. The summed E-state index contributed by atoms with van der Waals surface area (Å²) in [7, 11) is 0. The summed E-state index contributed by atoms with van der Waals surface area (Å²) in [4.78, 5) is 63.4. The second kappa shape index (κ2) is 10.0. The zero-order chi connectivity index (χ0) is 23.1. The van der Waals surface area contributed by atoms with Crippen LogP contribution in [-0.2, 0) is 33.5 Å². The Balaban J connectivity index is 3.03. The van der Waals surface area contributed by atoms with E-state index in [1.54, 1.807) is 6.07 Å². The third-order valence-electron chi connectivity index (χ3n) is 3.33. The quantitative estimate of drug-likeness (QED) is 0.102. The average Bonchev–Trinajstić information content (AvgIpc) is 2.65. The van der Waals surface area contributed by atoms with Gasteiger partial charge in [-0.25, -0.2) is 19.6 Å². The molecule has 12 nitrogen and oxygen atoms in total. The van der Waals surface area contributed by atoms with Gasteiger partial charge < -0.3 is 14.6 Å². The van der Waals surface area contributed by atoms with Crippen LogP contribution in [0.2, 0.25) is 0 Å². The zero-order valence-corrected chi connectivity index (χ0v) is 16.4. The van der Waals surface area contributed by atoms with E-state index in [1.165, 1.54) is 45.0 Å². The van der Waals surface area contributed by atoms with Crippen molar-refractivity contribution < 1.29 is 48.7 Å². The van der Waals surface area contributed by atoms with Crippen molar-refractivity contribution in [1.29, 1.82) is 0 Å². The number of rotatable bonds is 9. The molecule has 0 spiro atoms. The first kappa shape index (κ1) is 24.8. The molecule has 0 heterocycles. The standard InChI is InChI=1S/C18H22N2O10/c1-17(2,3)29-15(25)13(23)11(9-12(21)22)20-18(19,30-27)16(26)28-14(24)10-7-5-4-6-8-10/h4-8,11,20,27H,9,19H2,1-3H3,(H,21,22)/t11-,18?/m0/s1. The summed E-state index contributed by atoms with van der Waals surface area (Å²) in [5.41, 5.74) is 4.38. The highest BCUT2D eigenvalue weighted by Crippen LogP contribution is 2.12. The van der Waals surface area contributed by atoms with Crippen molar-refractivity contribution in [2.24, 2.45) is 5.73 Å². The van der Waals surface area contributed by atoms with Crippen molar-refractivity contribution in [2.75, 3.05) is 0 Å². The number of hydrogen-bond donors (Lipinski definition) is 4. The maximum Gasteiger partial charge on any atom is 0.380 e. The minimum atomic E-state index is -3.05. The minimum absolute atomic E-state index is 0.0435. The van der Waals surface area contributed by atoms with Gasteiger partial charge >= 0.3 is 29.7 Å². The van der Waals surface area contributed by atoms with E-state index >= 15 is 0 Å². The van der Waals surface area contributed by atoms with Gasteiger partial charge in [0.15, 0.2) is 0 Å². The number of aliphatic carboxylic acids is 1. The van der Waals surface area contributed by atoms with Gasteiger partial charge in [0.1, 0.15) is 5.60 Å². The topological polar surface area (TPSA) is 192 Å². The first-order valence-electron chi connectivity index (χ1n) is 8.49. The second-order valence-electron chi connectivity index (χ2n) is 7.03. The predicted octanol–water partition coefficient (Wildman–Crippen LogP) is -0.184. The van der Waals surface area contributed by atoms with E-state index in [2.05, 4.69) is 9.62 Å². The summed E-state index contributed by atoms with van der Waals surface area (Å²) in [6, 6.07) is 5.25. The maximum absolute atomic E-state index is 12.3. The highest BCUT2D eigenvalue weighted by atomic mass is 17.1. The molecular formula is C18H22N2O10. The van der Waals surface area contributed by atoms with Crippen LogP contribution in [0.15, 0.2) is 30.3 Å². The van der Waals surface area contributed by atoms with E-state index in [0.717, 1.165) is 0 Å². The number of carboxylic acid groups (broad SMARTS) is 1. The molecule has 12 heteroatoms. The van der Waals surface area contributed by atoms with Crippen LogP contribution in [0.4, 0.5) is 0 Å². The molecule has 5 N–H and O–H groups in total. The van der Waals surface area contributed by atoms with Gasteiger partial charge in [0.2, 0.25) is 0 Å². The first-order chi connectivity index (χ1) is 13.8. The molecule has 1 rings (SSSR count). The number of ketones is 1. The number of nitrogens with one attached hydrogen (secondary N) is 1. The maximum atomic E-state index is 12.3. The number of carboxylic acids is 1. The average molecular weight is 426 g/mol. The number of benzene rings is 1. The summed E-state index contributed by atoms with van der Waals surface area (Å²) in [5, 5.41) is 19.9. The highest BCUT2D eigenvalue weighted by Gasteiger charge is 2.45. The number of nitrogens with two attached hydrogens (primary N) is 1. The van der Waals surface area contributed by atoms with Gasteiger partial charge in [-0.15, -0.1) is 0 Å². The summed E-state index contributed by atoms with van der Waals surface area (Å²) in [6.07, 6.45) is -1.04. The van der Waals surface area contributed by atoms with Gasteiger partial charge in [-0.2, -0.15) is 4.89 Å². The number of Topliss-reactive ketones (excluding diaryl/α,β-unsaturated/α-hetero) is 1. The summed E-state index contributed by atoms with van der Waals surface area (Å²) in [6.45, 7) is 4.40. The fourth-order valence-corrected chi connectivity index (χ4v) is 2.03. The SMILES string of the molecule is CC(C)(C)OC(=O)C(=O)[C@H](CC(=O)O)NC(N)(OO)C(=O)OC(=O)c1ccccc1. The Morgan fingerprint density at radius 2 is 1.67 bits per heavy atom. The van der Waals surface area contributed by atoms with Crippen LogP contribution in [0.5, 0.6) is 0 Å². The predicted molar refractivity (Wildman–Crippen MR) is 97.5 cm³/mol. The number of hydrogen-bond acceptors (Lipinski definition) is 11. The molecule has 0 saturated carbocycles. The molecule has 1 aromatic carbocycles. The highest BCUT2D eigenvalue weighted by molar-refractivity contribution is 6.36. The van der Waals surface area contributed by atoms with Gasteiger partial charge in [-0.05, 0) is 32.9 Å². The molecule has 0 bridgehead atoms. The molecule has 1 unspecified atom stereocenters. The van der Waals surface area contributed by atoms with Crippen molar-refractivity contribution in [2.45, 2.75) is 44.7 Å².